The van der Waals surface area contributed by atoms with Gasteiger partial charge in [-0.2, -0.15) is 10.2 Å². The number of nitrogens with zero attached hydrogens (tertiary/aromatic N) is 5. The van der Waals surface area contributed by atoms with Gasteiger partial charge >= 0.3 is 5.97 Å². The van der Waals surface area contributed by atoms with Gasteiger partial charge in [-0.3, -0.25) is 15.5 Å². The fourth-order valence-corrected chi connectivity index (χ4v) is 3.70. The summed E-state index contributed by atoms with van der Waals surface area (Å²) in [6.45, 7) is 2.23. The number of hydrogen-bond acceptors (Lipinski definition) is 9. The standard InChI is InChI=1S/C27H37N7O2/c1-2-3-4-5-6-7-8-9-10-11-25(35)36-24-18-16-23(17-19-24)33-32-22-14-12-21(13-15-22)26-30-20-34(29)27(28)31-26/h12-20,27H,2-11,28-29H2,1H3. The van der Waals surface area contributed by atoms with E-state index >= 15 is 0 Å². The Bertz CT molecular complexity index is 1030. The Labute approximate surface area is 213 Å². The minimum absolute atomic E-state index is 0.195. The maximum Gasteiger partial charge on any atom is 0.311 e. The zero-order chi connectivity index (χ0) is 25.6. The number of esters is 1. The first-order valence-electron chi connectivity index (χ1n) is 12.8. The van der Waals surface area contributed by atoms with Gasteiger partial charge in [0.15, 0.2) is 12.1 Å². The van der Waals surface area contributed by atoms with Crippen molar-refractivity contribution in [1.29, 1.82) is 0 Å². The minimum Gasteiger partial charge on any atom is -0.427 e. The van der Waals surface area contributed by atoms with Gasteiger partial charge in [-0.25, -0.2) is 15.8 Å². The number of carbonyl (C=O) groups is 1. The normalized spacial score (nSPS) is 15.4. The van der Waals surface area contributed by atoms with Crippen LogP contribution in [-0.4, -0.2) is 29.4 Å². The van der Waals surface area contributed by atoms with Crippen LogP contribution in [0, 0.1) is 0 Å². The number of unbranched alkanes of at least 4 members (excludes halogenated alkanes) is 8. The van der Waals surface area contributed by atoms with Gasteiger partial charge in [0, 0.05) is 12.0 Å². The van der Waals surface area contributed by atoms with Crippen molar-refractivity contribution in [3.63, 3.8) is 0 Å². The highest BCUT2D eigenvalue weighted by Crippen LogP contribution is 2.22. The van der Waals surface area contributed by atoms with Gasteiger partial charge in [-0.1, -0.05) is 58.3 Å². The lowest BCUT2D eigenvalue weighted by Crippen LogP contribution is -2.47. The van der Waals surface area contributed by atoms with Crippen molar-refractivity contribution in [2.24, 2.45) is 31.8 Å². The summed E-state index contributed by atoms with van der Waals surface area (Å²) in [5.41, 5.74) is 7.95. The third kappa shape index (κ3) is 9.31. The molecule has 0 saturated heterocycles. The van der Waals surface area contributed by atoms with Gasteiger partial charge in [0.05, 0.1) is 11.4 Å². The molecule has 4 N–H and O–H groups in total. The third-order valence-corrected chi connectivity index (χ3v) is 5.83. The van der Waals surface area contributed by atoms with E-state index in [4.69, 9.17) is 16.3 Å². The largest absolute Gasteiger partial charge is 0.427 e. The molecule has 0 spiro atoms. The lowest BCUT2D eigenvalue weighted by Gasteiger charge is -2.21. The number of hydrogen-bond donors (Lipinski definition) is 2. The predicted octanol–water partition coefficient (Wildman–Crippen LogP) is 6.13. The van der Waals surface area contributed by atoms with E-state index in [1.54, 1.807) is 24.3 Å². The number of amidine groups is 1. The maximum atomic E-state index is 12.1. The first-order chi connectivity index (χ1) is 17.5. The van der Waals surface area contributed by atoms with Crippen molar-refractivity contribution in [3.8, 4) is 5.75 Å². The van der Waals surface area contributed by atoms with Crippen molar-refractivity contribution < 1.29 is 9.53 Å². The Balaban J connectivity index is 1.37. The molecule has 2 aromatic rings. The van der Waals surface area contributed by atoms with E-state index in [-0.39, 0.29) is 5.97 Å². The second-order valence-electron chi connectivity index (χ2n) is 8.85. The van der Waals surface area contributed by atoms with Crippen molar-refractivity contribution in [2.45, 2.75) is 77.4 Å². The van der Waals surface area contributed by atoms with Crippen LogP contribution in [0.3, 0.4) is 0 Å². The summed E-state index contributed by atoms with van der Waals surface area (Å²) in [5, 5.41) is 9.73. The number of aliphatic imine (C=N–C) groups is 2. The van der Waals surface area contributed by atoms with Crippen LogP contribution in [0.1, 0.15) is 76.7 Å². The van der Waals surface area contributed by atoms with Crippen molar-refractivity contribution in [2.75, 3.05) is 0 Å². The lowest BCUT2D eigenvalue weighted by atomic mass is 10.1. The molecule has 36 heavy (non-hydrogen) atoms. The molecule has 192 valence electrons. The maximum absolute atomic E-state index is 12.1. The SMILES string of the molecule is CCCCCCCCCCCC(=O)Oc1ccc(N=Nc2ccc(C3=NC(N)N(N)C=N3)cc2)cc1. The molecular formula is C27H37N7O2. The lowest BCUT2D eigenvalue weighted by molar-refractivity contribution is -0.134. The summed E-state index contributed by atoms with van der Waals surface area (Å²) in [6.07, 6.45) is 12.2. The van der Waals surface area contributed by atoms with E-state index in [9.17, 15) is 4.79 Å². The second kappa shape index (κ2) is 14.9. The van der Waals surface area contributed by atoms with Crippen LogP contribution in [-0.2, 0) is 4.79 Å². The van der Waals surface area contributed by atoms with Crippen LogP contribution in [0.4, 0.5) is 11.4 Å². The number of azo groups is 1. The highest BCUT2D eigenvalue weighted by atomic mass is 16.5. The van der Waals surface area contributed by atoms with E-state index in [2.05, 4.69) is 27.1 Å². The molecule has 0 amide bonds. The van der Waals surface area contributed by atoms with Crippen LogP contribution in [0.25, 0.3) is 0 Å². The fraction of sp³-hybridized carbons (Fsp3) is 0.444. The molecule has 0 saturated carbocycles. The summed E-state index contributed by atoms with van der Waals surface area (Å²) >= 11 is 0. The summed E-state index contributed by atoms with van der Waals surface area (Å²) in [5.74, 6) is 6.45. The van der Waals surface area contributed by atoms with Gasteiger partial charge < -0.3 is 4.74 Å². The Morgan fingerprint density at radius 1 is 0.889 bits per heavy atom. The second-order valence-corrected chi connectivity index (χ2v) is 8.85. The van der Waals surface area contributed by atoms with Gasteiger partial charge in [0.2, 0.25) is 0 Å². The van der Waals surface area contributed by atoms with Crippen LogP contribution >= 0.6 is 0 Å². The molecule has 1 heterocycles. The van der Waals surface area contributed by atoms with Gasteiger partial charge in [-0.15, -0.1) is 0 Å². The minimum atomic E-state index is -0.658. The molecule has 1 atom stereocenters. The molecule has 1 aliphatic rings. The number of nitrogens with two attached hydrogens (primary N) is 2. The van der Waals surface area contributed by atoms with Crippen molar-refractivity contribution in [1.82, 2.24) is 5.01 Å². The smallest absolute Gasteiger partial charge is 0.311 e. The topological polar surface area (TPSA) is 131 Å². The van der Waals surface area contributed by atoms with Crippen molar-refractivity contribution >= 4 is 29.5 Å². The van der Waals surface area contributed by atoms with Crippen LogP contribution in [0.15, 0.2) is 68.7 Å². The Kier molecular flexibility index (Phi) is 11.2. The zero-order valence-electron chi connectivity index (χ0n) is 21.1. The third-order valence-electron chi connectivity index (χ3n) is 5.83. The van der Waals surface area contributed by atoms with Crippen LogP contribution < -0.4 is 16.3 Å². The first kappa shape index (κ1) is 27.2. The van der Waals surface area contributed by atoms with E-state index in [0.717, 1.165) is 18.4 Å². The molecular weight excluding hydrogens is 454 g/mol. The molecule has 1 unspecified atom stereocenters. The zero-order valence-corrected chi connectivity index (χ0v) is 21.1. The quantitative estimate of drug-likeness (QED) is 0.108. The number of ether oxygens (including phenoxy) is 1. The van der Waals surface area contributed by atoms with Gasteiger partial charge in [-0.05, 0) is 55.0 Å². The van der Waals surface area contributed by atoms with Crippen molar-refractivity contribution in [3.05, 3.63) is 54.1 Å². The monoisotopic (exact) mass is 491 g/mol. The summed E-state index contributed by atoms with van der Waals surface area (Å²) < 4.78 is 5.44. The molecule has 0 aromatic heterocycles. The fourth-order valence-electron chi connectivity index (χ4n) is 3.70. The predicted molar refractivity (Wildman–Crippen MR) is 144 cm³/mol. The number of hydrazine groups is 1. The first-order valence-corrected chi connectivity index (χ1v) is 12.8. The van der Waals surface area contributed by atoms with E-state index in [1.807, 2.05) is 24.3 Å². The Morgan fingerprint density at radius 3 is 2.03 bits per heavy atom. The van der Waals surface area contributed by atoms with E-state index < -0.39 is 6.29 Å². The molecule has 3 rings (SSSR count). The summed E-state index contributed by atoms with van der Waals surface area (Å²) in [4.78, 5) is 20.5. The Morgan fingerprint density at radius 2 is 1.44 bits per heavy atom. The number of benzene rings is 2. The summed E-state index contributed by atoms with van der Waals surface area (Å²) in [6, 6.07) is 14.3. The molecule has 0 aliphatic carbocycles. The van der Waals surface area contributed by atoms with E-state index in [1.165, 1.54) is 56.3 Å². The highest BCUT2D eigenvalue weighted by molar-refractivity contribution is 6.03. The average molecular weight is 492 g/mol. The molecule has 9 nitrogen and oxygen atoms in total. The van der Waals surface area contributed by atoms with Crippen LogP contribution in [0.2, 0.25) is 0 Å². The molecule has 0 fully saturated rings. The molecule has 0 bridgehead atoms. The number of carbonyl (C=O) groups excluding carboxylic acids is 1. The van der Waals surface area contributed by atoms with E-state index in [0.29, 0.717) is 29.4 Å². The molecule has 2 aromatic carbocycles. The van der Waals surface area contributed by atoms with Crippen LogP contribution in [0.5, 0.6) is 5.75 Å². The molecule has 0 radical (unpaired) electrons. The summed E-state index contributed by atoms with van der Waals surface area (Å²) in [7, 11) is 0. The average Bonchev–Trinajstić information content (AvgIpc) is 2.89. The van der Waals surface area contributed by atoms with Gasteiger partial charge in [0.1, 0.15) is 12.1 Å². The molecule has 1 aliphatic heterocycles. The Hall–Kier alpha value is -3.43. The van der Waals surface area contributed by atoms with Gasteiger partial charge in [0.25, 0.3) is 0 Å². The molecule has 9 heteroatoms. The number of rotatable bonds is 14. The highest BCUT2D eigenvalue weighted by Gasteiger charge is 2.13.